The molecule has 1 nitrogen and oxygen atoms in total. The SMILES string of the molecule is c1ccc(-c2ccc3oc4cccc(-c5c6ccccc6c(-c6ccc7ccccc7c6)c6ccccc56)c4c3c2)cc1. The molecule has 0 radical (unpaired) electrons. The van der Waals surface area contributed by atoms with Crippen LogP contribution in [0.5, 0.6) is 0 Å². The van der Waals surface area contributed by atoms with Gasteiger partial charge in [-0.25, -0.2) is 0 Å². The van der Waals surface area contributed by atoms with Crippen molar-refractivity contribution < 1.29 is 4.42 Å². The summed E-state index contributed by atoms with van der Waals surface area (Å²) in [6.07, 6.45) is 0. The van der Waals surface area contributed by atoms with Crippen LogP contribution in [0.2, 0.25) is 0 Å². The lowest BCUT2D eigenvalue weighted by molar-refractivity contribution is 0.669. The van der Waals surface area contributed by atoms with Gasteiger partial charge in [0.1, 0.15) is 11.2 Å². The Labute approximate surface area is 249 Å². The molecule has 0 fully saturated rings. The van der Waals surface area contributed by atoms with Crippen molar-refractivity contribution in [3.63, 3.8) is 0 Å². The van der Waals surface area contributed by atoms with Crippen LogP contribution in [0.25, 0.3) is 87.6 Å². The molecule has 0 N–H and O–H groups in total. The third kappa shape index (κ3) is 3.72. The van der Waals surface area contributed by atoms with Gasteiger partial charge in [-0.3, -0.25) is 0 Å². The zero-order valence-electron chi connectivity index (χ0n) is 23.4. The van der Waals surface area contributed by atoms with Crippen LogP contribution >= 0.6 is 0 Å². The molecule has 0 atom stereocenters. The molecule has 0 aliphatic heterocycles. The summed E-state index contributed by atoms with van der Waals surface area (Å²) in [5.41, 5.74) is 9.15. The van der Waals surface area contributed by atoms with Crippen LogP contribution in [0.1, 0.15) is 0 Å². The van der Waals surface area contributed by atoms with Gasteiger partial charge in [0.15, 0.2) is 0 Å². The first-order valence-corrected chi connectivity index (χ1v) is 14.8. The molecule has 43 heavy (non-hydrogen) atoms. The van der Waals surface area contributed by atoms with E-state index in [-0.39, 0.29) is 0 Å². The number of hydrogen-bond acceptors (Lipinski definition) is 1. The number of benzene rings is 8. The first-order valence-electron chi connectivity index (χ1n) is 14.8. The third-order valence-corrected chi connectivity index (χ3v) is 8.84. The Morgan fingerprint density at radius 2 is 0.953 bits per heavy atom. The Bertz CT molecular complexity index is 2440. The maximum Gasteiger partial charge on any atom is 0.136 e. The highest BCUT2D eigenvalue weighted by Gasteiger charge is 2.20. The zero-order valence-corrected chi connectivity index (χ0v) is 23.4. The summed E-state index contributed by atoms with van der Waals surface area (Å²) in [4.78, 5) is 0. The Hall–Kier alpha value is -5.66. The van der Waals surface area contributed by atoms with Crippen LogP contribution in [-0.4, -0.2) is 0 Å². The smallest absolute Gasteiger partial charge is 0.136 e. The predicted molar refractivity (Wildman–Crippen MR) is 183 cm³/mol. The molecule has 200 valence electrons. The van der Waals surface area contributed by atoms with E-state index < -0.39 is 0 Å². The Morgan fingerprint density at radius 3 is 1.70 bits per heavy atom. The van der Waals surface area contributed by atoms with Gasteiger partial charge >= 0.3 is 0 Å². The van der Waals surface area contributed by atoms with Crippen molar-refractivity contribution in [3.05, 3.63) is 158 Å². The van der Waals surface area contributed by atoms with Gasteiger partial charge in [-0.15, -0.1) is 0 Å². The van der Waals surface area contributed by atoms with Gasteiger partial charge in [0, 0.05) is 10.8 Å². The molecule has 1 heteroatoms. The van der Waals surface area contributed by atoms with Gasteiger partial charge in [-0.1, -0.05) is 133 Å². The monoisotopic (exact) mass is 546 g/mol. The van der Waals surface area contributed by atoms with Crippen LogP contribution in [0.15, 0.2) is 162 Å². The molecule has 1 aromatic heterocycles. The van der Waals surface area contributed by atoms with Gasteiger partial charge < -0.3 is 4.42 Å². The summed E-state index contributed by atoms with van der Waals surface area (Å²) in [7, 11) is 0. The number of furan rings is 1. The highest BCUT2D eigenvalue weighted by molar-refractivity contribution is 6.26. The van der Waals surface area contributed by atoms with E-state index in [4.69, 9.17) is 4.42 Å². The maximum atomic E-state index is 6.46. The lowest BCUT2D eigenvalue weighted by atomic mass is 9.84. The lowest BCUT2D eigenvalue weighted by Gasteiger charge is -2.18. The quantitative estimate of drug-likeness (QED) is 0.201. The lowest BCUT2D eigenvalue weighted by Crippen LogP contribution is -1.91. The van der Waals surface area contributed by atoms with Crippen LogP contribution < -0.4 is 0 Å². The molecule has 0 amide bonds. The molecule has 9 rings (SSSR count). The number of rotatable bonds is 3. The minimum Gasteiger partial charge on any atom is -0.456 e. The largest absolute Gasteiger partial charge is 0.456 e. The van der Waals surface area contributed by atoms with E-state index >= 15 is 0 Å². The minimum atomic E-state index is 0.906. The molecule has 1 heterocycles. The third-order valence-electron chi connectivity index (χ3n) is 8.84. The second kappa shape index (κ2) is 9.44. The Kier molecular flexibility index (Phi) is 5.27. The summed E-state index contributed by atoms with van der Waals surface area (Å²) in [5, 5.41) is 9.78. The maximum absolute atomic E-state index is 6.46. The second-order valence-electron chi connectivity index (χ2n) is 11.3. The summed E-state index contributed by atoms with van der Waals surface area (Å²) in [5.74, 6) is 0. The van der Waals surface area contributed by atoms with Gasteiger partial charge in [0.25, 0.3) is 0 Å². The van der Waals surface area contributed by atoms with E-state index in [0.717, 1.165) is 21.9 Å². The molecule has 8 aromatic carbocycles. The second-order valence-corrected chi connectivity index (χ2v) is 11.3. The number of hydrogen-bond donors (Lipinski definition) is 0. The normalized spacial score (nSPS) is 11.7. The van der Waals surface area contributed by atoms with E-state index in [1.807, 2.05) is 0 Å². The van der Waals surface area contributed by atoms with Gasteiger partial charge in [0.2, 0.25) is 0 Å². The Balaban J connectivity index is 1.39. The summed E-state index contributed by atoms with van der Waals surface area (Å²) >= 11 is 0. The highest BCUT2D eigenvalue weighted by Crippen LogP contribution is 2.47. The molecular formula is C42H26O. The van der Waals surface area contributed by atoms with Crippen molar-refractivity contribution in [2.75, 3.05) is 0 Å². The molecule has 0 spiro atoms. The molecule has 0 aliphatic carbocycles. The van der Waals surface area contributed by atoms with E-state index in [0.29, 0.717) is 0 Å². The van der Waals surface area contributed by atoms with Gasteiger partial charge in [0.05, 0.1) is 0 Å². The van der Waals surface area contributed by atoms with E-state index in [1.165, 1.54) is 65.7 Å². The van der Waals surface area contributed by atoms with E-state index in [1.54, 1.807) is 0 Å². The first-order chi connectivity index (χ1) is 21.3. The fourth-order valence-corrected chi connectivity index (χ4v) is 6.92. The van der Waals surface area contributed by atoms with E-state index in [9.17, 15) is 0 Å². The summed E-state index contributed by atoms with van der Waals surface area (Å²) < 4.78 is 6.46. The van der Waals surface area contributed by atoms with Crippen molar-refractivity contribution in [2.24, 2.45) is 0 Å². The summed E-state index contributed by atoms with van der Waals surface area (Å²) in [6.45, 7) is 0. The fourth-order valence-electron chi connectivity index (χ4n) is 6.92. The van der Waals surface area contributed by atoms with Crippen LogP contribution in [0, 0.1) is 0 Å². The minimum absolute atomic E-state index is 0.906. The van der Waals surface area contributed by atoms with Crippen LogP contribution in [-0.2, 0) is 0 Å². The number of fused-ring (bicyclic) bond motifs is 6. The fraction of sp³-hybridized carbons (Fsp3) is 0. The standard InChI is InChI=1S/C42H26O/c1-2-11-27(12-3-1)30-23-24-38-37(26-30)42-36(19-10-20-39(42)43-38)41-34-17-8-6-15-32(34)40(33-16-7-9-18-35(33)41)31-22-21-28-13-4-5-14-29(28)25-31/h1-26H. The highest BCUT2D eigenvalue weighted by atomic mass is 16.3. The van der Waals surface area contributed by atoms with Crippen molar-refractivity contribution in [1.82, 2.24) is 0 Å². The molecule has 0 aliphatic rings. The average Bonchev–Trinajstić information content (AvgIpc) is 3.46. The van der Waals surface area contributed by atoms with Crippen molar-refractivity contribution in [1.29, 1.82) is 0 Å². The average molecular weight is 547 g/mol. The zero-order chi connectivity index (χ0) is 28.3. The van der Waals surface area contributed by atoms with Crippen molar-refractivity contribution in [3.8, 4) is 33.4 Å². The molecule has 0 saturated carbocycles. The summed E-state index contributed by atoms with van der Waals surface area (Å²) in [6, 6.07) is 56.8. The molecular weight excluding hydrogens is 520 g/mol. The molecule has 0 unspecified atom stereocenters. The van der Waals surface area contributed by atoms with E-state index in [2.05, 4.69) is 158 Å². The van der Waals surface area contributed by atoms with Crippen molar-refractivity contribution >= 4 is 54.3 Å². The molecule has 9 aromatic rings. The van der Waals surface area contributed by atoms with Crippen LogP contribution in [0.4, 0.5) is 0 Å². The Morgan fingerprint density at radius 1 is 0.326 bits per heavy atom. The topological polar surface area (TPSA) is 13.1 Å². The predicted octanol–water partition coefficient (Wildman–Crippen LogP) is 12.0. The van der Waals surface area contributed by atoms with Gasteiger partial charge in [-0.2, -0.15) is 0 Å². The van der Waals surface area contributed by atoms with Gasteiger partial charge in [-0.05, 0) is 90.0 Å². The first kappa shape index (κ1) is 24.0. The molecule has 0 bridgehead atoms. The molecule has 0 saturated heterocycles. The van der Waals surface area contributed by atoms with Crippen molar-refractivity contribution in [2.45, 2.75) is 0 Å². The van der Waals surface area contributed by atoms with Crippen LogP contribution in [0.3, 0.4) is 0 Å².